The molecule has 2 N–H and O–H groups in total. The molecule has 26 heavy (non-hydrogen) atoms. The number of rotatable bonds is 3. The van der Waals surface area contributed by atoms with Crippen molar-refractivity contribution in [1.82, 2.24) is 9.80 Å². The molecule has 2 heterocycles. The third kappa shape index (κ3) is 4.05. The van der Waals surface area contributed by atoms with E-state index in [1.54, 1.807) is 34.9 Å². The quantitative estimate of drug-likeness (QED) is 0.884. The summed E-state index contributed by atoms with van der Waals surface area (Å²) in [6.45, 7) is 3.54. The summed E-state index contributed by atoms with van der Waals surface area (Å²) < 4.78 is 18.8. The van der Waals surface area contributed by atoms with Gasteiger partial charge in [0.25, 0.3) is 11.8 Å². The lowest BCUT2D eigenvalue weighted by Gasteiger charge is -2.34. The highest BCUT2D eigenvalue weighted by atomic mass is 35.5. The summed E-state index contributed by atoms with van der Waals surface area (Å²) in [5, 5.41) is 0. The molecule has 1 fully saturated rings. The predicted molar refractivity (Wildman–Crippen MR) is 96.8 cm³/mol. The normalized spacial score (nSPS) is 14.1. The van der Waals surface area contributed by atoms with Crippen LogP contribution >= 0.6 is 12.4 Å². The highest BCUT2D eigenvalue weighted by Crippen LogP contribution is 2.15. The zero-order valence-electron chi connectivity index (χ0n) is 14.4. The van der Waals surface area contributed by atoms with Crippen molar-refractivity contribution in [2.24, 2.45) is 5.73 Å². The van der Waals surface area contributed by atoms with Gasteiger partial charge in [0, 0.05) is 31.7 Å². The maximum Gasteiger partial charge on any atom is 0.257 e. The third-order valence-corrected chi connectivity index (χ3v) is 4.37. The largest absolute Gasteiger partial charge is 0.467 e. The number of aryl methyl sites for hydroxylation is 1. The Labute approximate surface area is 157 Å². The second kappa shape index (κ2) is 8.33. The second-order valence-corrected chi connectivity index (χ2v) is 6.05. The molecule has 140 valence electrons. The number of carbonyl (C=O) groups is 2. The van der Waals surface area contributed by atoms with Gasteiger partial charge in [-0.05, 0) is 30.7 Å². The Morgan fingerprint density at radius 3 is 2.15 bits per heavy atom. The van der Waals surface area contributed by atoms with Gasteiger partial charge in [-0.3, -0.25) is 9.59 Å². The van der Waals surface area contributed by atoms with E-state index in [9.17, 15) is 14.0 Å². The Balaban J connectivity index is 0.00000243. The van der Waals surface area contributed by atoms with E-state index in [0.717, 1.165) is 0 Å². The molecule has 0 saturated carbocycles. The van der Waals surface area contributed by atoms with Crippen molar-refractivity contribution in [2.75, 3.05) is 26.2 Å². The summed E-state index contributed by atoms with van der Waals surface area (Å²) >= 11 is 0. The smallest absolute Gasteiger partial charge is 0.257 e. The van der Waals surface area contributed by atoms with Crippen molar-refractivity contribution in [1.29, 1.82) is 0 Å². The summed E-state index contributed by atoms with van der Waals surface area (Å²) in [6.07, 6.45) is 1.40. The first-order valence-corrected chi connectivity index (χ1v) is 8.12. The first-order chi connectivity index (χ1) is 12.0. The monoisotopic (exact) mass is 381 g/mol. The Morgan fingerprint density at radius 1 is 1.08 bits per heavy atom. The van der Waals surface area contributed by atoms with E-state index >= 15 is 0 Å². The molecule has 1 aromatic carbocycles. The number of hydrogen-bond donors (Lipinski definition) is 1. The molecule has 0 bridgehead atoms. The van der Waals surface area contributed by atoms with Crippen LogP contribution in [0, 0.1) is 12.7 Å². The molecule has 0 radical (unpaired) electrons. The van der Waals surface area contributed by atoms with Crippen molar-refractivity contribution in [3.63, 3.8) is 0 Å². The highest BCUT2D eigenvalue weighted by Gasteiger charge is 2.26. The molecular weight excluding hydrogens is 361 g/mol. The van der Waals surface area contributed by atoms with Gasteiger partial charge < -0.3 is 20.0 Å². The topological polar surface area (TPSA) is 79.8 Å². The molecule has 0 unspecified atom stereocenters. The van der Waals surface area contributed by atoms with Crippen LogP contribution in [0.4, 0.5) is 4.39 Å². The van der Waals surface area contributed by atoms with Gasteiger partial charge in [-0.1, -0.05) is 6.07 Å². The van der Waals surface area contributed by atoms with Gasteiger partial charge in [0.2, 0.25) is 0 Å². The van der Waals surface area contributed by atoms with E-state index < -0.39 is 5.82 Å². The molecule has 3 rings (SSSR count). The lowest BCUT2D eigenvalue weighted by atomic mass is 10.1. The molecule has 0 aliphatic carbocycles. The number of benzene rings is 1. The number of carbonyl (C=O) groups excluding carboxylic acids is 2. The minimum absolute atomic E-state index is 0. The lowest BCUT2D eigenvalue weighted by Crippen LogP contribution is -2.50. The number of nitrogens with zero attached hydrogens (tertiary/aromatic N) is 2. The van der Waals surface area contributed by atoms with Crippen molar-refractivity contribution in [3.8, 4) is 0 Å². The number of halogens is 2. The van der Waals surface area contributed by atoms with Gasteiger partial charge >= 0.3 is 0 Å². The van der Waals surface area contributed by atoms with Crippen LogP contribution < -0.4 is 5.73 Å². The molecule has 2 aromatic rings. The van der Waals surface area contributed by atoms with Gasteiger partial charge in [-0.2, -0.15) is 0 Å². The maximum atomic E-state index is 13.7. The van der Waals surface area contributed by atoms with Crippen molar-refractivity contribution < 1.29 is 18.4 Å². The van der Waals surface area contributed by atoms with E-state index in [4.69, 9.17) is 10.2 Å². The van der Waals surface area contributed by atoms with Crippen LogP contribution in [0.5, 0.6) is 0 Å². The first kappa shape index (κ1) is 19.9. The highest BCUT2D eigenvalue weighted by molar-refractivity contribution is 5.96. The summed E-state index contributed by atoms with van der Waals surface area (Å²) in [5.41, 5.74) is 6.77. The minimum atomic E-state index is -0.393. The van der Waals surface area contributed by atoms with Crippen LogP contribution in [0.25, 0.3) is 0 Å². The molecular formula is C18H21ClFN3O3. The fraction of sp³-hybridized carbons (Fsp3) is 0.333. The standard InChI is InChI=1S/C18H20FN3O3.ClH/c1-12-2-3-13(9-16(12)19)17(23)21-4-6-22(7-5-21)18(24)14-8-15(10-20)25-11-14;/h2-3,8-9,11H,4-7,10,20H2,1H3;1H. The second-order valence-electron chi connectivity index (χ2n) is 6.05. The average Bonchev–Trinajstić information content (AvgIpc) is 3.12. The van der Waals surface area contributed by atoms with Gasteiger partial charge in [0.1, 0.15) is 17.8 Å². The van der Waals surface area contributed by atoms with E-state index in [-0.39, 0.29) is 30.8 Å². The summed E-state index contributed by atoms with van der Waals surface area (Å²) in [4.78, 5) is 28.2. The fourth-order valence-electron chi connectivity index (χ4n) is 2.80. The van der Waals surface area contributed by atoms with Crippen LogP contribution in [-0.4, -0.2) is 47.8 Å². The number of amides is 2. The zero-order valence-corrected chi connectivity index (χ0v) is 15.2. The zero-order chi connectivity index (χ0) is 18.0. The predicted octanol–water partition coefficient (Wildman–Crippen LogP) is 2.21. The first-order valence-electron chi connectivity index (χ1n) is 8.12. The molecule has 1 aliphatic rings. The van der Waals surface area contributed by atoms with Crippen LogP contribution in [-0.2, 0) is 6.54 Å². The summed E-state index contributed by atoms with van der Waals surface area (Å²) in [7, 11) is 0. The number of piperazine rings is 1. The third-order valence-electron chi connectivity index (χ3n) is 4.37. The summed E-state index contributed by atoms with van der Waals surface area (Å²) in [6, 6.07) is 6.11. The van der Waals surface area contributed by atoms with Gasteiger partial charge in [0.15, 0.2) is 0 Å². The van der Waals surface area contributed by atoms with Crippen molar-refractivity contribution in [2.45, 2.75) is 13.5 Å². The van der Waals surface area contributed by atoms with Crippen LogP contribution in [0.3, 0.4) is 0 Å². The van der Waals surface area contributed by atoms with Crippen LogP contribution in [0.2, 0.25) is 0 Å². The lowest BCUT2D eigenvalue weighted by molar-refractivity contribution is 0.0535. The van der Waals surface area contributed by atoms with Crippen molar-refractivity contribution in [3.05, 3.63) is 58.8 Å². The van der Waals surface area contributed by atoms with Crippen LogP contribution in [0.15, 0.2) is 34.9 Å². The van der Waals surface area contributed by atoms with Gasteiger partial charge in [-0.25, -0.2) is 4.39 Å². The van der Waals surface area contributed by atoms with E-state index in [2.05, 4.69) is 0 Å². The molecule has 6 nitrogen and oxygen atoms in total. The number of furan rings is 1. The van der Waals surface area contributed by atoms with E-state index in [1.165, 1.54) is 12.3 Å². The summed E-state index contributed by atoms with van der Waals surface area (Å²) in [5.74, 6) is -0.203. The van der Waals surface area contributed by atoms with Gasteiger partial charge in [-0.15, -0.1) is 12.4 Å². The molecule has 0 spiro atoms. The Kier molecular flexibility index (Phi) is 6.39. The molecule has 8 heteroatoms. The Morgan fingerprint density at radius 2 is 1.65 bits per heavy atom. The molecule has 2 amide bonds. The minimum Gasteiger partial charge on any atom is -0.467 e. The van der Waals surface area contributed by atoms with E-state index in [1.807, 2.05) is 0 Å². The molecule has 1 aromatic heterocycles. The van der Waals surface area contributed by atoms with Gasteiger partial charge in [0.05, 0.1) is 12.1 Å². The van der Waals surface area contributed by atoms with Crippen molar-refractivity contribution >= 4 is 24.2 Å². The molecule has 0 atom stereocenters. The van der Waals surface area contributed by atoms with Crippen LogP contribution in [0.1, 0.15) is 32.0 Å². The maximum absolute atomic E-state index is 13.7. The fourth-order valence-corrected chi connectivity index (χ4v) is 2.80. The average molecular weight is 382 g/mol. The van der Waals surface area contributed by atoms with E-state index in [0.29, 0.717) is 48.6 Å². The Bertz CT molecular complexity index is 801. The molecule has 1 aliphatic heterocycles. The number of nitrogens with two attached hydrogens (primary N) is 1. The molecule has 1 saturated heterocycles. The Hall–Kier alpha value is -2.38. The SMILES string of the molecule is Cc1ccc(C(=O)N2CCN(C(=O)c3coc(CN)c3)CC2)cc1F.Cl. The number of hydrogen-bond acceptors (Lipinski definition) is 4.